The molecule has 5 rings (SSSR count). The van der Waals surface area contributed by atoms with Gasteiger partial charge in [-0.2, -0.15) is 4.98 Å². The van der Waals surface area contributed by atoms with Crippen LogP contribution in [0.25, 0.3) is 22.4 Å². The molecule has 152 valence electrons. The quantitative estimate of drug-likeness (QED) is 0.669. The van der Waals surface area contributed by atoms with Crippen molar-refractivity contribution in [1.29, 1.82) is 0 Å². The molecule has 0 saturated carbocycles. The summed E-state index contributed by atoms with van der Waals surface area (Å²) in [5.74, 6) is 0.581. The van der Waals surface area contributed by atoms with Crippen molar-refractivity contribution in [3.05, 3.63) is 30.6 Å². The molecule has 0 bridgehead atoms. The molecule has 7 heteroatoms. The first kappa shape index (κ1) is 18.4. The fourth-order valence-corrected chi connectivity index (χ4v) is 4.51. The van der Waals surface area contributed by atoms with E-state index in [4.69, 9.17) is 9.15 Å². The first-order chi connectivity index (χ1) is 14.3. The maximum absolute atomic E-state index is 6.10. The maximum atomic E-state index is 6.10. The molecule has 2 aliphatic heterocycles. The molecule has 0 N–H and O–H groups in total. The first-order valence-electron chi connectivity index (χ1n) is 10.6. The van der Waals surface area contributed by atoms with Crippen LogP contribution in [0.5, 0.6) is 5.88 Å². The Morgan fingerprint density at radius 1 is 1.00 bits per heavy atom. The second-order valence-corrected chi connectivity index (χ2v) is 7.94. The summed E-state index contributed by atoms with van der Waals surface area (Å²) in [6, 6.07) is 7.23. The zero-order chi connectivity index (χ0) is 19.6. The van der Waals surface area contributed by atoms with Gasteiger partial charge in [0.15, 0.2) is 5.58 Å². The van der Waals surface area contributed by atoms with Crippen molar-refractivity contribution in [3.63, 3.8) is 0 Å². The van der Waals surface area contributed by atoms with Gasteiger partial charge in [0, 0.05) is 43.2 Å². The van der Waals surface area contributed by atoms with E-state index in [-0.39, 0.29) is 0 Å². The summed E-state index contributed by atoms with van der Waals surface area (Å²) >= 11 is 0. The van der Waals surface area contributed by atoms with Gasteiger partial charge in [-0.15, -0.1) is 0 Å². The molecular formula is C22H27N5O2. The third kappa shape index (κ3) is 3.79. The minimum atomic E-state index is 0.581. The van der Waals surface area contributed by atoms with Crippen LogP contribution < -0.4 is 9.64 Å². The SMILES string of the molecule is COc1cc(-c2cnc3nc(N4CCC(N5CCCCC5)CC4)oc3c2)ccn1. The summed E-state index contributed by atoms with van der Waals surface area (Å²) in [5.41, 5.74) is 3.32. The van der Waals surface area contributed by atoms with E-state index in [0.717, 1.165) is 24.2 Å². The lowest BCUT2D eigenvalue weighted by Gasteiger charge is -2.39. The monoisotopic (exact) mass is 393 g/mol. The van der Waals surface area contributed by atoms with E-state index in [9.17, 15) is 0 Å². The van der Waals surface area contributed by atoms with Crippen molar-refractivity contribution in [2.75, 3.05) is 38.2 Å². The Hall–Kier alpha value is -2.67. The Morgan fingerprint density at radius 3 is 2.62 bits per heavy atom. The molecule has 3 aromatic rings. The lowest BCUT2D eigenvalue weighted by Crippen LogP contribution is -2.46. The Bertz CT molecular complexity index is 974. The molecule has 0 radical (unpaired) electrons. The fourth-order valence-electron chi connectivity index (χ4n) is 4.51. The summed E-state index contributed by atoms with van der Waals surface area (Å²) in [7, 11) is 1.62. The zero-order valence-electron chi connectivity index (χ0n) is 16.9. The number of hydrogen-bond donors (Lipinski definition) is 0. The summed E-state index contributed by atoms with van der Waals surface area (Å²) in [5, 5.41) is 0. The van der Waals surface area contributed by atoms with Gasteiger partial charge >= 0.3 is 0 Å². The highest BCUT2D eigenvalue weighted by Crippen LogP contribution is 2.29. The van der Waals surface area contributed by atoms with Crippen LogP contribution in [0.15, 0.2) is 35.0 Å². The lowest BCUT2D eigenvalue weighted by molar-refractivity contribution is 0.140. The van der Waals surface area contributed by atoms with E-state index in [1.165, 1.54) is 45.2 Å². The van der Waals surface area contributed by atoms with E-state index in [1.54, 1.807) is 13.3 Å². The topological polar surface area (TPSA) is 67.5 Å². The second kappa shape index (κ2) is 7.99. The number of rotatable bonds is 4. The standard InChI is InChI=1S/C22H27N5O2/c1-28-20-14-16(5-8-23-20)17-13-19-21(24-15-17)25-22(29-19)27-11-6-18(7-12-27)26-9-3-2-4-10-26/h5,8,13-15,18H,2-4,6-7,9-12H2,1H3. The first-order valence-corrected chi connectivity index (χ1v) is 10.6. The number of likely N-dealkylation sites (tertiary alicyclic amines) is 1. The van der Waals surface area contributed by atoms with Crippen LogP contribution in [0.1, 0.15) is 32.1 Å². The molecule has 2 aliphatic rings. The smallest absolute Gasteiger partial charge is 0.299 e. The number of ether oxygens (including phenoxy) is 1. The van der Waals surface area contributed by atoms with Crippen LogP contribution in [-0.2, 0) is 0 Å². The highest BCUT2D eigenvalue weighted by atomic mass is 16.5. The molecule has 2 saturated heterocycles. The largest absolute Gasteiger partial charge is 0.481 e. The maximum Gasteiger partial charge on any atom is 0.299 e. The molecule has 0 atom stereocenters. The molecule has 0 aromatic carbocycles. The van der Waals surface area contributed by atoms with Crippen molar-refractivity contribution in [3.8, 4) is 17.0 Å². The van der Waals surface area contributed by atoms with Gasteiger partial charge in [-0.05, 0) is 56.5 Å². The molecule has 29 heavy (non-hydrogen) atoms. The summed E-state index contributed by atoms with van der Waals surface area (Å²) < 4.78 is 11.3. The average Bonchev–Trinajstić information content (AvgIpc) is 3.23. The van der Waals surface area contributed by atoms with Gasteiger partial charge in [0.25, 0.3) is 6.01 Å². The molecular weight excluding hydrogens is 366 g/mol. The van der Waals surface area contributed by atoms with Crippen LogP contribution in [0.3, 0.4) is 0 Å². The number of fused-ring (bicyclic) bond motifs is 1. The predicted octanol–water partition coefficient (Wildman–Crippen LogP) is 3.75. The number of piperidine rings is 2. The Morgan fingerprint density at radius 2 is 1.83 bits per heavy atom. The van der Waals surface area contributed by atoms with Crippen molar-refractivity contribution in [1.82, 2.24) is 19.9 Å². The second-order valence-electron chi connectivity index (χ2n) is 7.94. The van der Waals surface area contributed by atoms with Crippen molar-refractivity contribution < 1.29 is 9.15 Å². The number of methoxy groups -OCH3 is 1. The highest BCUT2D eigenvalue weighted by Gasteiger charge is 2.27. The molecule has 0 amide bonds. The lowest BCUT2D eigenvalue weighted by atomic mass is 10.0. The third-order valence-electron chi connectivity index (χ3n) is 6.16. The van der Waals surface area contributed by atoms with Gasteiger partial charge in [-0.3, -0.25) is 0 Å². The molecule has 0 spiro atoms. The number of anilines is 1. The van der Waals surface area contributed by atoms with Crippen molar-refractivity contribution >= 4 is 17.2 Å². The molecule has 5 heterocycles. The van der Waals surface area contributed by atoms with Gasteiger partial charge in [-0.25, -0.2) is 9.97 Å². The van der Waals surface area contributed by atoms with Crippen LogP contribution >= 0.6 is 0 Å². The van der Waals surface area contributed by atoms with Gasteiger partial charge in [0.1, 0.15) is 0 Å². The molecule has 0 unspecified atom stereocenters. The normalized spacial score (nSPS) is 19.0. The third-order valence-corrected chi connectivity index (χ3v) is 6.16. The summed E-state index contributed by atoms with van der Waals surface area (Å²) in [6.07, 6.45) is 10.00. The van der Waals surface area contributed by atoms with E-state index in [0.29, 0.717) is 29.2 Å². The number of hydrogen-bond acceptors (Lipinski definition) is 7. The zero-order valence-corrected chi connectivity index (χ0v) is 16.9. The van der Waals surface area contributed by atoms with E-state index in [1.807, 2.05) is 24.4 Å². The number of aromatic nitrogens is 3. The van der Waals surface area contributed by atoms with Crippen LogP contribution in [0.2, 0.25) is 0 Å². The fraction of sp³-hybridized carbons (Fsp3) is 0.500. The predicted molar refractivity (Wildman–Crippen MR) is 112 cm³/mol. The average molecular weight is 393 g/mol. The number of pyridine rings is 2. The van der Waals surface area contributed by atoms with E-state index < -0.39 is 0 Å². The Balaban J connectivity index is 1.31. The van der Waals surface area contributed by atoms with Crippen LogP contribution in [-0.4, -0.2) is 59.2 Å². The van der Waals surface area contributed by atoms with Crippen LogP contribution in [0.4, 0.5) is 6.01 Å². The minimum absolute atomic E-state index is 0.581. The van der Waals surface area contributed by atoms with Gasteiger partial charge in [-0.1, -0.05) is 6.42 Å². The summed E-state index contributed by atoms with van der Waals surface area (Å²) in [4.78, 5) is 18.3. The van der Waals surface area contributed by atoms with Crippen LogP contribution in [0, 0.1) is 0 Å². The molecule has 7 nitrogen and oxygen atoms in total. The minimum Gasteiger partial charge on any atom is -0.481 e. The van der Waals surface area contributed by atoms with Gasteiger partial charge in [0.2, 0.25) is 11.5 Å². The molecule has 3 aromatic heterocycles. The summed E-state index contributed by atoms with van der Waals surface area (Å²) in [6.45, 7) is 4.50. The van der Waals surface area contributed by atoms with E-state index in [2.05, 4.69) is 24.8 Å². The highest BCUT2D eigenvalue weighted by molar-refractivity contribution is 5.77. The van der Waals surface area contributed by atoms with Crippen molar-refractivity contribution in [2.24, 2.45) is 0 Å². The molecule has 2 fully saturated rings. The Labute approximate surface area is 170 Å². The van der Waals surface area contributed by atoms with Gasteiger partial charge in [0.05, 0.1) is 7.11 Å². The number of oxazole rings is 1. The van der Waals surface area contributed by atoms with Gasteiger partial charge < -0.3 is 19.0 Å². The number of nitrogens with zero attached hydrogens (tertiary/aromatic N) is 5. The van der Waals surface area contributed by atoms with Crippen molar-refractivity contribution in [2.45, 2.75) is 38.1 Å². The Kier molecular flexibility index (Phi) is 5.06. The van der Waals surface area contributed by atoms with E-state index >= 15 is 0 Å². The molecule has 0 aliphatic carbocycles.